The Balaban J connectivity index is 0.00000176. The predicted octanol–water partition coefficient (Wildman–Crippen LogP) is 2.04. The molecule has 5 heteroatoms. The van der Waals surface area contributed by atoms with Crippen LogP contribution in [0.2, 0.25) is 0 Å². The highest BCUT2D eigenvalue weighted by molar-refractivity contribution is 5.85. The highest BCUT2D eigenvalue weighted by Gasteiger charge is 2.57. The number of halogens is 1. The van der Waals surface area contributed by atoms with Gasteiger partial charge in [-0.15, -0.1) is 12.4 Å². The number of hydrogen-bond acceptors (Lipinski definition) is 3. The largest absolute Gasteiger partial charge is 0.388 e. The molecule has 2 aliphatic rings. The van der Waals surface area contributed by atoms with E-state index in [9.17, 15) is 9.90 Å². The first kappa shape index (κ1) is 17.3. The van der Waals surface area contributed by atoms with E-state index in [-0.39, 0.29) is 29.6 Å². The topological polar surface area (TPSA) is 61.4 Å². The summed E-state index contributed by atoms with van der Waals surface area (Å²) in [6.45, 7) is 2.62. The van der Waals surface area contributed by atoms with Gasteiger partial charge in [-0.2, -0.15) is 0 Å². The molecule has 3 N–H and O–H groups in total. The summed E-state index contributed by atoms with van der Waals surface area (Å²) >= 11 is 0. The summed E-state index contributed by atoms with van der Waals surface area (Å²) < 4.78 is 0. The summed E-state index contributed by atoms with van der Waals surface area (Å²) in [5.41, 5.74) is 1.20. The van der Waals surface area contributed by atoms with E-state index in [1.807, 2.05) is 30.3 Å². The normalized spacial score (nSPS) is 23.4. The molecule has 1 heterocycles. The van der Waals surface area contributed by atoms with Crippen LogP contribution in [0.5, 0.6) is 0 Å². The third kappa shape index (κ3) is 3.80. The van der Waals surface area contributed by atoms with E-state index in [2.05, 4.69) is 10.6 Å². The Kier molecular flexibility index (Phi) is 5.84. The van der Waals surface area contributed by atoms with Crippen LogP contribution in [0, 0.1) is 11.3 Å². The van der Waals surface area contributed by atoms with Gasteiger partial charge in [-0.1, -0.05) is 30.3 Å². The summed E-state index contributed by atoms with van der Waals surface area (Å²) in [6, 6.07) is 9.60. The minimum Gasteiger partial charge on any atom is -0.388 e. The molecule has 22 heavy (non-hydrogen) atoms. The number of hydrogen-bond donors (Lipinski definition) is 3. The number of aliphatic hydroxyl groups is 1. The van der Waals surface area contributed by atoms with Crippen LogP contribution in [0.1, 0.15) is 37.4 Å². The Labute approximate surface area is 138 Å². The Morgan fingerprint density at radius 1 is 1.32 bits per heavy atom. The van der Waals surface area contributed by atoms with Crippen molar-refractivity contribution in [2.45, 2.75) is 31.8 Å². The fraction of sp³-hybridized carbons (Fsp3) is 0.588. The highest BCUT2D eigenvalue weighted by atomic mass is 35.5. The van der Waals surface area contributed by atoms with E-state index in [4.69, 9.17) is 0 Å². The van der Waals surface area contributed by atoms with Crippen molar-refractivity contribution in [3.05, 3.63) is 35.9 Å². The Morgan fingerprint density at radius 3 is 2.68 bits per heavy atom. The molecular formula is C17H25ClN2O2. The molecule has 4 nitrogen and oxygen atoms in total. The maximum atomic E-state index is 12.2. The number of aliphatic hydroxyl groups excluding tert-OH is 1. The number of amides is 1. The summed E-state index contributed by atoms with van der Waals surface area (Å²) in [5, 5.41) is 16.4. The second-order valence-corrected chi connectivity index (χ2v) is 6.38. The quantitative estimate of drug-likeness (QED) is 0.776. The fourth-order valence-electron chi connectivity index (χ4n) is 3.49. The van der Waals surface area contributed by atoms with Crippen LogP contribution < -0.4 is 10.6 Å². The summed E-state index contributed by atoms with van der Waals surface area (Å²) in [6.07, 6.45) is 3.35. The molecule has 1 amide bonds. The van der Waals surface area contributed by atoms with Crippen molar-refractivity contribution in [1.29, 1.82) is 0 Å². The third-order valence-electron chi connectivity index (χ3n) is 5.01. The van der Waals surface area contributed by atoms with Gasteiger partial charge in [0.2, 0.25) is 5.91 Å². The van der Waals surface area contributed by atoms with Gasteiger partial charge < -0.3 is 15.7 Å². The second kappa shape index (κ2) is 7.44. The predicted molar refractivity (Wildman–Crippen MR) is 88.9 cm³/mol. The van der Waals surface area contributed by atoms with Crippen LogP contribution in [-0.2, 0) is 4.79 Å². The zero-order valence-electron chi connectivity index (χ0n) is 12.8. The smallest absolute Gasteiger partial charge is 0.223 e. The molecule has 122 valence electrons. The molecule has 1 aromatic rings. The number of rotatable bonds is 5. The molecule has 1 saturated heterocycles. The Bertz CT molecular complexity index is 489. The van der Waals surface area contributed by atoms with E-state index < -0.39 is 6.10 Å². The van der Waals surface area contributed by atoms with Gasteiger partial charge in [0, 0.05) is 12.5 Å². The Morgan fingerprint density at radius 2 is 2.00 bits per heavy atom. The molecule has 2 unspecified atom stereocenters. The van der Waals surface area contributed by atoms with Gasteiger partial charge in [-0.3, -0.25) is 4.79 Å². The van der Waals surface area contributed by atoms with E-state index in [0.29, 0.717) is 13.0 Å². The second-order valence-electron chi connectivity index (χ2n) is 6.38. The van der Waals surface area contributed by atoms with Crippen LogP contribution in [0.25, 0.3) is 0 Å². The van der Waals surface area contributed by atoms with Crippen LogP contribution in [-0.4, -0.2) is 30.6 Å². The summed E-state index contributed by atoms with van der Waals surface area (Å²) in [7, 11) is 0. The molecule has 3 rings (SSSR count). The monoisotopic (exact) mass is 324 g/mol. The van der Waals surface area contributed by atoms with E-state index >= 15 is 0 Å². The number of piperidine rings is 1. The zero-order chi connectivity index (χ0) is 14.7. The van der Waals surface area contributed by atoms with Gasteiger partial charge in [0.1, 0.15) is 0 Å². The van der Waals surface area contributed by atoms with Gasteiger partial charge in [0.15, 0.2) is 0 Å². The SMILES string of the molecule is Cl.O=C(NCCC(O)c1ccccc1)C1CC12CCNCC2. The number of nitrogens with one attached hydrogen (secondary N) is 2. The Hall–Kier alpha value is -1.10. The minimum atomic E-state index is -0.501. The van der Waals surface area contributed by atoms with Crippen molar-refractivity contribution in [3.63, 3.8) is 0 Å². The first-order valence-corrected chi connectivity index (χ1v) is 7.93. The lowest BCUT2D eigenvalue weighted by Crippen LogP contribution is -2.34. The van der Waals surface area contributed by atoms with Gasteiger partial charge in [0.25, 0.3) is 0 Å². The van der Waals surface area contributed by atoms with Gasteiger partial charge in [-0.25, -0.2) is 0 Å². The lowest BCUT2D eigenvalue weighted by Gasteiger charge is -2.23. The summed E-state index contributed by atoms with van der Waals surface area (Å²) in [4.78, 5) is 12.2. The molecule has 0 bridgehead atoms. The van der Waals surface area contributed by atoms with E-state index in [0.717, 1.165) is 37.9 Å². The van der Waals surface area contributed by atoms with Gasteiger partial charge >= 0.3 is 0 Å². The fourth-order valence-corrected chi connectivity index (χ4v) is 3.49. The number of carbonyl (C=O) groups is 1. The standard InChI is InChI=1S/C17H24N2O2.ClH/c20-15(13-4-2-1-3-5-13)6-9-19-16(21)14-12-17(14)7-10-18-11-8-17;/h1-5,14-15,18,20H,6-12H2,(H,19,21);1H. The van der Waals surface area contributed by atoms with Gasteiger partial charge in [0.05, 0.1) is 6.10 Å². The van der Waals surface area contributed by atoms with Crippen molar-refractivity contribution >= 4 is 18.3 Å². The van der Waals surface area contributed by atoms with Crippen molar-refractivity contribution < 1.29 is 9.90 Å². The molecule has 2 atom stereocenters. The molecule has 1 saturated carbocycles. The summed E-state index contributed by atoms with van der Waals surface area (Å²) in [5.74, 6) is 0.380. The zero-order valence-corrected chi connectivity index (χ0v) is 13.6. The molecule has 1 aromatic carbocycles. The molecule has 0 radical (unpaired) electrons. The van der Waals surface area contributed by atoms with Gasteiger partial charge in [-0.05, 0) is 49.8 Å². The van der Waals surface area contributed by atoms with Crippen LogP contribution in [0.4, 0.5) is 0 Å². The molecular weight excluding hydrogens is 300 g/mol. The van der Waals surface area contributed by atoms with Crippen molar-refractivity contribution in [2.75, 3.05) is 19.6 Å². The van der Waals surface area contributed by atoms with E-state index in [1.165, 1.54) is 0 Å². The molecule has 0 aromatic heterocycles. The maximum absolute atomic E-state index is 12.2. The van der Waals surface area contributed by atoms with Crippen LogP contribution in [0.3, 0.4) is 0 Å². The first-order chi connectivity index (χ1) is 10.2. The van der Waals surface area contributed by atoms with Crippen LogP contribution >= 0.6 is 12.4 Å². The molecule has 1 spiro atoms. The average Bonchev–Trinajstić information content (AvgIpc) is 3.22. The maximum Gasteiger partial charge on any atom is 0.223 e. The number of carbonyl (C=O) groups excluding carboxylic acids is 1. The average molecular weight is 325 g/mol. The minimum absolute atomic E-state index is 0. The first-order valence-electron chi connectivity index (χ1n) is 7.93. The highest BCUT2D eigenvalue weighted by Crippen LogP contribution is 2.58. The lowest BCUT2D eigenvalue weighted by molar-refractivity contribution is -0.123. The molecule has 1 aliphatic heterocycles. The molecule has 2 fully saturated rings. The van der Waals surface area contributed by atoms with Crippen molar-refractivity contribution in [3.8, 4) is 0 Å². The lowest BCUT2D eigenvalue weighted by atomic mass is 9.92. The van der Waals surface area contributed by atoms with Crippen molar-refractivity contribution in [2.24, 2.45) is 11.3 Å². The molecule has 1 aliphatic carbocycles. The van der Waals surface area contributed by atoms with E-state index in [1.54, 1.807) is 0 Å². The number of benzene rings is 1. The van der Waals surface area contributed by atoms with Crippen LogP contribution in [0.15, 0.2) is 30.3 Å². The van der Waals surface area contributed by atoms with Crippen molar-refractivity contribution in [1.82, 2.24) is 10.6 Å². The third-order valence-corrected chi connectivity index (χ3v) is 5.01.